The summed E-state index contributed by atoms with van der Waals surface area (Å²) in [5, 5.41) is 14.8. The summed E-state index contributed by atoms with van der Waals surface area (Å²) in [4.78, 5) is 56.8. The third kappa shape index (κ3) is 3.87. The van der Waals surface area contributed by atoms with Crippen LogP contribution in [0.15, 0.2) is 97.1 Å². The molecule has 0 unspecified atom stereocenters. The fourth-order valence-corrected chi connectivity index (χ4v) is 7.66. The van der Waals surface area contributed by atoms with Crippen LogP contribution in [0.3, 0.4) is 0 Å². The topological polar surface area (TPSA) is 110 Å². The Balaban J connectivity index is 1.54. The molecule has 1 fully saturated rings. The molecule has 4 atom stereocenters. The number of allylic oxidation sites excluding steroid dienone is 1. The van der Waals surface area contributed by atoms with Crippen LogP contribution in [0.1, 0.15) is 38.8 Å². The van der Waals surface area contributed by atoms with Crippen molar-refractivity contribution in [3.8, 4) is 0 Å². The van der Waals surface area contributed by atoms with Crippen molar-refractivity contribution in [1.82, 2.24) is 0 Å². The molecule has 3 heterocycles. The molecule has 1 amide bonds. The first-order valence-electron chi connectivity index (χ1n) is 13.9. The van der Waals surface area contributed by atoms with E-state index in [0.717, 1.165) is 11.1 Å². The Morgan fingerprint density at radius 3 is 2.36 bits per heavy atom. The number of fused-ring (bicyclic) bond motifs is 6. The molecule has 0 bridgehead atoms. The minimum Gasteiger partial charge on any atom is -0.352 e. The van der Waals surface area contributed by atoms with Crippen LogP contribution in [0.4, 0.5) is 17.1 Å². The van der Waals surface area contributed by atoms with Gasteiger partial charge in [-0.15, -0.1) is 0 Å². The predicted octanol–water partition coefficient (Wildman–Crippen LogP) is 7.15. The normalized spacial score (nSPS) is 23.0. The van der Waals surface area contributed by atoms with Gasteiger partial charge in [0.2, 0.25) is 5.91 Å². The van der Waals surface area contributed by atoms with E-state index < -0.39 is 45.8 Å². The number of nitrogens with zero attached hydrogens (tertiary/aromatic N) is 2. The second-order valence-electron chi connectivity index (χ2n) is 11.2. The lowest BCUT2D eigenvalue weighted by atomic mass is 9.64. The van der Waals surface area contributed by atoms with Crippen molar-refractivity contribution in [2.24, 2.45) is 5.92 Å². The first kappa shape index (κ1) is 28.0. The van der Waals surface area contributed by atoms with Crippen molar-refractivity contribution >= 4 is 63.3 Å². The van der Waals surface area contributed by atoms with Gasteiger partial charge in [-0.25, -0.2) is 0 Å². The highest BCUT2D eigenvalue weighted by atomic mass is 35.5. The molecule has 218 valence electrons. The Morgan fingerprint density at radius 2 is 1.64 bits per heavy atom. The zero-order valence-corrected chi connectivity index (χ0v) is 24.7. The molecule has 1 spiro atoms. The number of hydrogen-bond acceptors (Lipinski definition) is 6. The first-order valence-corrected chi connectivity index (χ1v) is 14.6. The number of nitro groups is 1. The van der Waals surface area contributed by atoms with E-state index in [0.29, 0.717) is 22.0 Å². The van der Waals surface area contributed by atoms with Crippen molar-refractivity contribution in [3.63, 3.8) is 0 Å². The van der Waals surface area contributed by atoms with Crippen LogP contribution in [0.2, 0.25) is 10.0 Å². The van der Waals surface area contributed by atoms with Crippen LogP contribution in [-0.4, -0.2) is 34.5 Å². The first-order chi connectivity index (χ1) is 21.1. The minimum absolute atomic E-state index is 0.0999. The molecule has 0 aromatic heterocycles. The molecule has 4 aromatic rings. The molecule has 10 heteroatoms. The third-order valence-corrected chi connectivity index (χ3v) is 9.54. The molecular formula is C34H23Cl2N3O5. The maximum Gasteiger partial charge on any atom is 0.269 e. The number of non-ortho nitro benzene ring substituents is 1. The molecule has 3 aliphatic rings. The number of rotatable bonds is 5. The highest BCUT2D eigenvalue weighted by Gasteiger charge is 2.70. The molecule has 44 heavy (non-hydrogen) atoms. The van der Waals surface area contributed by atoms with Crippen molar-refractivity contribution in [2.45, 2.75) is 24.4 Å². The Bertz CT molecular complexity index is 1960. The summed E-state index contributed by atoms with van der Waals surface area (Å²) in [6.45, 7) is 1.95. The maximum atomic E-state index is 14.9. The molecule has 0 saturated carbocycles. The van der Waals surface area contributed by atoms with Crippen LogP contribution in [-0.2, 0) is 10.2 Å². The molecule has 1 saturated heterocycles. The number of nitro benzene ring substituents is 1. The van der Waals surface area contributed by atoms with E-state index >= 15 is 0 Å². The molecule has 1 N–H and O–H groups in total. The van der Waals surface area contributed by atoms with Gasteiger partial charge in [0.15, 0.2) is 11.6 Å². The summed E-state index contributed by atoms with van der Waals surface area (Å²) in [5.74, 6) is -2.59. The van der Waals surface area contributed by atoms with E-state index in [9.17, 15) is 24.5 Å². The highest BCUT2D eigenvalue weighted by molar-refractivity contribution is 6.37. The Labute approximate surface area is 262 Å². The number of hydrogen-bond donors (Lipinski definition) is 1. The van der Waals surface area contributed by atoms with Crippen molar-refractivity contribution in [1.29, 1.82) is 0 Å². The van der Waals surface area contributed by atoms with Crippen molar-refractivity contribution in [3.05, 3.63) is 139 Å². The summed E-state index contributed by atoms with van der Waals surface area (Å²) < 4.78 is 0. The number of amides is 1. The number of para-hydroxylation sites is 2. The molecule has 0 radical (unpaired) electrons. The Morgan fingerprint density at radius 1 is 0.932 bits per heavy atom. The molecular weight excluding hydrogens is 601 g/mol. The number of halogens is 2. The highest BCUT2D eigenvalue weighted by Crippen LogP contribution is 2.59. The number of benzene rings is 4. The van der Waals surface area contributed by atoms with Crippen LogP contribution in [0, 0.1) is 16.0 Å². The molecule has 7 rings (SSSR count). The SMILES string of the molecule is CC1=C[C@@H]2N(c3ccccc31)[C@@H](C(=O)c1ccc([N+](=O)[O-])cc1)[C@@H](C(=O)c1ccc(Cl)cc1Cl)[C@]21C(=O)Nc2ccccc21. The predicted molar refractivity (Wildman–Crippen MR) is 169 cm³/mol. The second-order valence-corrected chi connectivity index (χ2v) is 12.0. The van der Waals surface area contributed by atoms with Gasteiger partial charge < -0.3 is 10.2 Å². The van der Waals surface area contributed by atoms with Gasteiger partial charge in [0, 0.05) is 45.2 Å². The third-order valence-electron chi connectivity index (χ3n) is 8.99. The van der Waals surface area contributed by atoms with Gasteiger partial charge in [0.25, 0.3) is 5.69 Å². The summed E-state index contributed by atoms with van der Waals surface area (Å²) in [5.41, 5.74) is 2.24. The van der Waals surface area contributed by atoms with E-state index in [2.05, 4.69) is 5.32 Å². The quantitative estimate of drug-likeness (QED) is 0.144. The summed E-state index contributed by atoms with van der Waals surface area (Å²) in [7, 11) is 0. The van der Waals surface area contributed by atoms with Gasteiger partial charge >= 0.3 is 0 Å². The number of ketones is 2. The summed E-state index contributed by atoms with van der Waals surface area (Å²) in [6, 6.07) is 22.7. The molecule has 8 nitrogen and oxygen atoms in total. The van der Waals surface area contributed by atoms with Gasteiger partial charge in [-0.1, -0.05) is 65.7 Å². The van der Waals surface area contributed by atoms with Gasteiger partial charge in [-0.3, -0.25) is 24.5 Å². The van der Waals surface area contributed by atoms with Crippen molar-refractivity contribution in [2.75, 3.05) is 10.2 Å². The zero-order valence-electron chi connectivity index (χ0n) is 23.2. The van der Waals surface area contributed by atoms with Gasteiger partial charge in [-0.2, -0.15) is 0 Å². The number of carbonyl (C=O) groups is 3. The average Bonchev–Trinajstić information content (AvgIpc) is 3.49. The number of carbonyl (C=O) groups excluding carboxylic acids is 3. The van der Waals surface area contributed by atoms with E-state index in [1.54, 1.807) is 24.3 Å². The lowest BCUT2D eigenvalue weighted by Gasteiger charge is -2.39. The van der Waals surface area contributed by atoms with Crippen molar-refractivity contribution < 1.29 is 19.3 Å². The van der Waals surface area contributed by atoms with Crippen LogP contribution >= 0.6 is 23.2 Å². The Hall–Kier alpha value is -4.79. The largest absolute Gasteiger partial charge is 0.352 e. The van der Waals surface area contributed by atoms with Gasteiger partial charge in [-0.05, 0) is 60.5 Å². The second kappa shape index (κ2) is 10.1. The number of nitrogens with one attached hydrogen (secondary N) is 1. The van der Waals surface area contributed by atoms with E-state index in [1.807, 2.05) is 48.2 Å². The minimum atomic E-state index is -1.52. The van der Waals surface area contributed by atoms with Crippen LogP contribution in [0.5, 0.6) is 0 Å². The van der Waals surface area contributed by atoms with Crippen LogP contribution < -0.4 is 10.2 Å². The maximum absolute atomic E-state index is 14.9. The standard InChI is InChI=1S/C34H23Cl2N3O5/c1-18-16-28-34(24-7-3-4-8-26(24)37-33(34)42)29(32(41)23-15-12-20(35)17-25(23)36)30(38(28)27-9-5-2-6-22(18)27)31(40)19-10-13-21(14-11-19)39(43)44/h2-17,28-30H,1H3,(H,37,42)/t28-,29-,30+,34+/m0/s1. The molecule has 3 aliphatic heterocycles. The lowest BCUT2D eigenvalue weighted by Crippen LogP contribution is -2.51. The zero-order chi connectivity index (χ0) is 30.9. The fourth-order valence-electron chi connectivity index (χ4n) is 7.16. The number of anilines is 2. The van der Waals surface area contributed by atoms with Gasteiger partial charge in [0.05, 0.1) is 21.9 Å². The summed E-state index contributed by atoms with van der Waals surface area (Å²) in [6.07, 6.45) is 1.96. The smallest absolute Gasteiger partial charge is 0.269 e. The average molecular weight is 624 g/mol. The molecule has 4 aromatic carbocycles. The lowest BCUT2D eigenvalue weighted by molar-refractivity contribution is -0.384. The fraction of sp³-hybridized carbons (Fsp3) is 0.147. The van der Waals surface area contributed by atoms with E-state index in [4.69, 9.17) is 23.2 Å². The summed E-state index contributed by atoms with van der Waals surface area (Å²) >= 11 is 12.8. The van der Waals surface area contributed by atoms with Gasteiger partial charge in [0.1, 0.15) is 11.5 Å². The monoisotopic (exact) mass is 623 g/mol. The number of Topliss-reactive ketones (excluding diaryl/α,β-unsaturated/α-hetero) is 2. The van der Waals surface area contributed by atoms with E-state index in [1.165, 1.54) is 36.4 Å². The van der Waals surface area contributed by atoms with E-state index in [-0.39, 0.29) is 21.8 Å². The Kier molecular flexibility index (Phi) is 6.46. The van der Waals surface area contributed by atoms with Crippen LogP contribution in [0.25, 0.3) is 5.57 Å². The molecule has 0 aliphatic carbocycles.